The summed E-state index contributed by atoms with van der Waals surface area (Å²) in [6.07, 6.45) is 0. The molecule has 0 aliphatic carbocycles. The summed E-state index contributed by atoms with van der Waals surface area (Å²) in [5.41, 5.74) is 11.5. The Hall–Kier alpha value is -1.41. The van der Waals surface area contributed by atoms with Crippen molar-refractivity contribution in [3.63, 3.8) is 0 Å². The molecule has 0 spiro atoms. The number of aryl methyl sites for hydroxylation is 2. The van der Waals surface area contributed by atoms with Gasteiger partial charge in [0.1, 0.15) is 0 Å². The van der Waals surface area contributed by atoms with Gasteiger partial charge in [0, 0.05) is 10.6 Å². The predicted octanol–water partition coefficient (Wildman–Crippen LogP) is 3.84. The van der Waals surface area contributed by atoms with Gasteiger partial charge in [-0.25, -0.2) is 0 Å². The summed E-state index contributed by atoms with van der Waals surface area (Å²) in [5.74, 6) is 0. The number of anilines is 1. The molecule has 82 valence electrons. The fourth-order valence-corrected chi connectivity index (χ4v) is 1.94. The SMILES string of the molecule is Cc1cc(-c2ccc(S)cc2)cc(C)c1N. The van der Waals surface area contributed by atoms with Crippen molar-refractivity contribution < 1.29 is 0 Å². The zero-order valence-electron chi connectivity index (χ0n) is 9.49. The summed E-state index contributed by atoms with van der Waals surface area (Å²) in [5, 5.41) is 0. The van der Waals surface area contributed by atoms with E-state index in [1.54, 1.807) is 0 Å². The van der Waals surface area contributed by atoms with Gasteiger partial charge >= 0.3 is 0 Å². The zero-order valence-corrected chi connectivity index (χ0v) is 10.4. The fourth-order valence-electron chi connectivity index (χ4n) is 1.80. The van der Waals surface area contributed by atoms with Crippen molar-refractivity contribution in [2.45, 2.75) is 18.7 Å². The van der Waals surface area contributed by atoms with Gasteiger partial charge in [0.15, 0.2) is 0 Å². The van der Waals surface area contributed by atoms with E-state index in [9.17, 15) is 0 Å². The molecule has 16 heavy (non-hydrogen) atoms. The second-order valence-corrected chi connectivity index (χ2v) is 4.59. The van der Waals surface area contributed by atoms with Crippen molar-refractivity contribution >= 4 is 18.3 Å². The molecule has 0 aromatic heterocycles. The maximum atomic E-state index is 5.94. The van der Waals surface area contributed by atoms with Gasteiger partial charge < -0.3 is 5.73 Å². The summed E-state index contributed by atoms with van der Waals surface area (Å²) in [6.45, 7) is 4.08. The van der Waals surface area contributed by atoms with Crippen molar-refractivity contribution in [2.75, 3.05) is 5.73 Å². The molecule has 0 aliphatic heterocycles. The minimum atomic E-state index is 0.884. The van der Waals surface area contributed by atoms with Crippen LogP contribution in [0.4, 0.5) is 5.69 Å². The molecular formula is C14H15NS. The standard InChI is InChI=1S/C14H15NS/c1-9-7-12(8-10(2)14(9)15)11-3-5-13(16)6-4-11/h3-8,16H,15H2,1-2H3. The molecular weight excluding hydrogens is 214 g/mol. The van der Waals surface area contributed by atoms with Crippen molar-refractivity contribution in [3.05, 3.63) is 47.5 Å². The first-order valence-corrected chi connectivity index (χ1v) is 5.69. The molecule has 0 unspecified atom stereocenters. The molecule has 0 atom stereocenters. The number of rotatable bonds is 1. The van der Waals surface area contributed by atoms with E-state index in [-0.39, 0.29) is 0 Å². The van der Waals surface area contributed by atoms with E-state index in [1.807, 2.05) is 26.0 Å². The molecule has 2 rings (SSSR count). The Kier molecular flexibility index (Phi) is 2.92. The van der Waals surface area contributed by atoms with Crippen molar-refractivity contribution in [1.29, 1.82) is 0 Å². The van der Waals surface area contributed by atoms with Gasteiger partial charge in [-0.05, 0) is 60.4 Å². The third-order valence-corrected chi connectivity index (χ3v) is 3.09. The maximum Gasteiger partial charge on any atom is 0.0373 e. The molecule has 2 aromatic carbocycles. The highest BCUT2D eigenvalue weighted by molar-refractivity contribution is 7.80. The second-order valence-electron chi connectivity index (χ2n) is 4.07. The monoisotopic (exact) mass is 229 g/mol. The third kappa shape index (κ3) is 2.07. The van der Waals surface area contributed by atoms with Crippen LogP contribution in [0.1, 0.15) is 11.1 Å². The molecule has 0 heterocycles. The highest BCUT2D eigenvalue weighted by Gasteiger charge is 2.03. The smallest absolute Gasteiger partial charge is 0.0373 e. The summed E-state index contributed by atoms with van der Waals surface area (Å²) in [6, 6.07) is 12.4. The first-order chi connectivity index (χ1) is 7.58. The normalized spacial score (nSPS) is 10.4. The highest BCUT2D eigenvalue weighted by atomic mass is 32.1. The van der Waals surface area contributed by atoms with Crippen molar-refractivity contribution in [3.8, 4) is 11.1 Å². The first kappa shape index (κ1) is 11.1. The topological polar surface area (TPSA) is 26.0 Å². The van der Waals surface area contributed by atoms with Crippen molar-refractivity contribution in [2.24, 2.45) is 0 Å². The third-order valence-electron chi connectivity index (χ3n) is 2.79. The largest absolute Gasteiger partial charge is 0.398 e. The number of thiol groups is 1. The average molecular weight is 229 g/mol. The lowest BCUT2D eigenvalue weighted by atomic mass is 9.99. The molecule has 1 nitrogen and oxygen atoms in total. The minimum absolute atomic E-state index is 0.884. The van der Waals surface area contributed by atoms with Crippen LogP contribution in [0.5, 0.6) is 0 Å². The van der Waals surface area contributed by atoms with E-state index < -0.39 is 0 Å². The average Bonchev–Trinajstić information content (AvgIpc) is 2.26. The molecule has 2 N–H and O–H groups in total. The van der Waals surface area contributed by atoms with Gasteiger partial charge in [-0.1, -0.05) is 12.1 Å². The first-order valence-electron chi connectivity index (χ1n) is 5.24. The fraction of sp³-hybridized carbons (Fsp3) is 0.143. The Labute approximate surface area is 102 Å². The Morgan fingerprint density at radius 3 is 1.88 bits per heavy atom. The van der Waals surface area contributed by atoms with Gasteiger partial charge in [0.05, 0.1) is 0 Å². The predicted molar refractivity (Wildman–Crippen MR) is 73.0 cm³/mol. The molecule has 0 radical (unpaired) electrons. The van der Waals surface area contributed by atoms with Gasteiger partial charge in [-0.2, -0.15) is 0 Å². The van der Waals surface area contributed by atoms with Gasteiger partial charge in [-0.15, -0.1) is 12.6 Å². The lowest BCUT2D eigenvalue weighted by Crippen LogP contribution is -1.94. The van der Waals surface area contributed by atoms with Crippen LogP contribution < -0.4 is 5.73 Å². The van der Waals surface area contributed by atoms with Gasteiger partial charge in [-0.3, -0.25) is 0 Å². The summed E-state index contributed by atoms with van der Waals surface area (Å²) in [7, 11) is 0. The van der Waals surface area contributed by atoms with Crippen LogP contribution in [0.15, 0.2) is 41.3 Å². The van der Waals surface area contributed by atoms with Crippen molar-refractivity contribution in [1.82, 2.24) is 0 Å². The van der Waals surface area contributed by atoms with Gasteiger partial charge in [0.2, 0.25) is 0 Å². The molecule has 0 aliphatic rings. The van der Waals surface area contributed by atoms with Crippen LogP contribution in [0.3, 0.4) is 0 Å². The summed E-state index contributed by atoms with van der Waals surface area (Å²) in [4.78, 5) is 0.979. The van der Waals surface area contributed by atoms with Crippen LogP contribution in [0.2, 0.25) is 0 Å². The van der Waals surface area contributed by atoms with Crippen LogP contribution in [-0.2, 0) is 0 Å². The number of nitrogens with two attached hydrogens (primary N) is 1. The van der Waals surface area contributed by atoms with E-state index in [2.05, 4.69) is 36.9 Å². The maximum absolute atomic E-state index is 5.94. The quantitative estimate of drug-likeness (QED) is 0.564. The van der Waals surface area contributed by atoms with E-state index in [4.69, 9.17) is 5.73 Å². The Balaban J connectivity index is 2.52. The summed E-state index contributed by atoms with van der Waals surface area (Å²) < 4.78 is 0. The Morgan fingerprint density at radius 2 is 1.38 bits per heavy atom. The lowest BCUT2D eigenvalue weighted by Gasteiger charge is -2.09. The van der Waals surface area contributed by atoms with Crippen LogP contribution >= 0.6 is 12.6 Å². The number of benzene rings is 2. The number of hydrogen-bond acceptors (Lipinski definition) is 2. The second kappa shape index (κ2) is 4.22. The Bertz CT molecular complexity index is 492. The Morgan fingerprint density at radius 1 is 0.875 bits per heavy atom. The van der Waals surface area contributed by atoms with Crippen LogP contribution in [0.25, 0.3) is 11.1 Å². The number of nitrogen functional groups attached to an aromatic ring is 1. The van der Waals surface area contributed by atoms with E-state index in [1.165, 1.54) is 11.1 Å². The lowest BCUT2D eigenvalue weighted by molar-refractivity contribution is 1.38. The van der Waals surface area contributed by atoms with E-state index >= 15 is 0 Å². The van der Waals surface area contributed by atoms with Crippen LogP contribution in [0, 0.1) is 13.8 Å². The van der Waals surface area contributed by atoms with E-state index in [0.29, 0.717) is 0 Å². The minimum Gasteiger partial charge on any atom is -0.398 e. The molecule has 2 aromatic rings. The zero-order chi connectivity index (χ0) is 11.7. The number of hydrogen-bond donors (Lipinski definition) is 2. The molecule has 0 saturated heterocycles. The summed E-state index contributed by atoms with van der Waals surface area (Å²) >= 11 is 4.28. The molecule has 0 bridgehead atoms. The van der Waals surface area contributed by atoms with Crippen LogP contribution in [-0.4, -0.2) is 0 Å². The highest BCUT2D eigenvalue weighted by Crippen LogP contribution is 2.27. The molecule has 0 saturated carbocycles. The van der Waals surface area contributed by atoms with Gasteiger partial charge in [0.25, 0.3) is 0 Å². The molecule has 0 amide bonds. The molecule has 2 heteroatoms. The van der Waals surface area contributed by atoms with E-state index in [0.717, 1.165) is 21.7 Å². The molecule has 0 fully saturated rings.